The molecule has 0 bridgehead atoms. The van der Waals surface area contributed by atoms with E-state index in [9.17, 15) is 5.11 Å². The van der Waals surface area contributed by atoms with Gasteiger partial charge in [-0.3, -0.25) is 0 Å². The van der Waals surface area contributed by atoms with E-state index < -0.39 is 0 Å². The zero-order valence-corrected chi connectivity index (χ0v) is 9.94. The molecule has 3 N–H and O–H groups in total. The molecule has 3 heteroatoms. The average Bonchev–Trinajstić information content (AvgIpc) is 2.30. The van der Waals surface area contributed by atoms with E-state index >= 15 is 0 Å². The van der Waals surface area contributed by atoms with E-state index in [1.54, 1.807) is 0 Å². The van der Waals surface area contributed by atoms with Gasteiger partial charge in [-0.15, -0.1) is 0 Å². The molecular formula is C11H23NOP+. The Bertz CT molecular complexity index is 180. The zero-order valence-electron chi connectivity index (χ0n) is 9.04. The molecule has 1 saturated heterocycles. The Kier molecular flexibility index (Phi) is 6.42. The summed E-state index contributed by atoms with van der Waals surface area (Å²) < 4.78 is 0. The number of rotatable bonds is 2. The third-order valence-electron chi connectivity index (χ3n) is 2.84. The van der Waals surface area contributed by atoms with Crippen LogP contribution in [0.5, 0.6) is 0 Å². The van der Waals surface area contributed by atoms with Crippen LogP contribution in [-0.4, -0.2) is 29.5 Å². The summed E-state index contributed by atoms with van der Waals surface area (Å²) in [6.45, 7) is 0.602. The number of aliphatic hydroxyl groups excluding tert-OH is 1. The largest absolute Gasteiger partial charge is 0.330 e. The van der Waals surface area contributed by atoms with Gasteiger partial charge in [0.15, 0.2) is 0 Å². The van der Waals surface area contributed by atoms with Crippen LogP contribution in [0.1, 0.15) is 44.9 Å². The van der Waals surface area contributed by atoms with Gasteiger partial charge in [0.25, 0.3) is 0 Å². The Morgan fingerprint density at radius 2 is 1.50 bits per heavy atom. The second kappa shape index (κ2) is 7.39. The molecular weight excluding hydrogens is 193 g/mol. The van der Waals surface area contributed by atoms with Crippen LogP contribution in [0.3, 0.4) is 0 Å². The Hall–Kier alpha value is 0.0900. The molecule has 0 saturated carbocycles. The van der Waals surface area contributed by atoms with Crippen molar-refractivity contribution in [1.29, 1.82) is 0 Å². The van der Waals surface area contributed by atoms with Crippen LogP contribution in [0.15, 0.2) is 0 Å². The van der Waals surface area contributed by atoms with Crippen molar-refractivity contribution < 1.29 is 5.11 Å². The van der Waals surface area contributed by atoms with Crippen LogP contribution in [0.2, 0.25) is 0 Å². The van der Waals surface area contributed by atoms with E-state index in [1.165, 1.54) is 50.8 Å². The van der Waals surface area contributed by atoms with Crippen LogP contribution < -0.4 is 5.73 Å². The predicted octanol–water partition coefficient (Wildman–Crippen LogP) is 2.67. The highest BCUT2D eigenvalue weighted by Gasteiger charge is 2.17. The molecule has 0 aromatic heterocycles. The first-order valence-corrected chi connectivity index (χ1v) is 7.55. The van der Waals surface area contributed by atoms with Gasteiger partial charge >= 0.3 is 0 Å². The Morgan fingerprint density at radius 3 is 2.00 bits per heavy atom. The van der Waals surface area contributed by atoms with E-state index in [-0.39, 0.29) is 7.55 Å². The number of hydrogen-bond donors (Lipinski definition) is 2. The molecule has 0 amide bonds. The van der Waals surface area contributed by atoms with Crippen molar-refractivity contribution in [1.82, 2.24) is 0 Å². The Labute approximate surface area is 88.3 Å². The molecule has 2 nitrogen and oxygen atoms in total. The number of nitrogens with two attached hydrogens (primary N) is 1. The average molecular weight is 216 g/mol. The van der Waals surface area contributed by atoms with E-state index in [2.05, 4.69) is 0 Å². The van der Waals surface area contributed by atoms with Gasteiger partial charge in [0.1, 0.15) is 19.9 Å². The van der Waals surface area contributed by atoms with E-state index in [0.29, 0.717) is 6.54 Å². The molecule has 0 atom stereocenters. The Morgan fingerprint density at radius 1 is 1.00 bits per heavy atom. The number of aliphatic hydroxyl groups is 1. The van der Waals surface area contributed by atoms with Crippen LogP contribution >= 0.6 is 7.55 Å². The lowest BCUT2D eigenvalue weighted by Gasteiger charge is -1.98. The van der Waals surface area contributed by atoms with Crippen molar-refractivity contribution in [3.05, 3.63) is 0 Å². The van der Waals surface area contributed by atoms with E-state index in [0.717, 1.165) is 11.9 Å². The van der Waals surface area contributed by atoms with Crippen molar-refractivity contribution in [3.63, 3.8) is 0 Å². The first kappa shape index (κ1) is 12.2. The minimum Gasteiger partial charge on any atom is -0.330 e. The van der Waals surface area contributed by atoms with Gasteiger partial charge in [-0.25, -0.2) is 0 Å². The highest BCUT2D eigenvalue weighted by molar-refractivity contribution is 7.58. The fourth-order valence-corrected chi connectivity index (χ4v) is 4.37. The van der Waals surface area contributed by atoms with Crippen LogP contribution in [0.4, 0.5) is 0 Å². The maximum Gasteiger partial charge on any atom is 0.223 e. The molecule has 0 aromatic carbocycles. The van der Waals surface area contributed by atoms with Gasteiger partial charge in [0.2, 0.25) is 5.48 Å². The van der Waals surface area contributed by atoms with Crippen molar-refractivity contribution in [2.45, 2.75) is 44.9 Å². The van der Waals surface area contributed by atoms with Crippen LogP contribution in [0.25, 0.3) is 0 Å². The van der Waals surface area contributed by atoms with Crippen molar-refractivity contribution in [2.24, 2.45) is 5.73 Å². The third-order valence-corrected chi connectivity index (χ3v) is 5.50. The molecule has 0 aliphatic carbocycles. The van der Waals surface area contributed by atoms with Crippen LogP contribution in [0, 0.1) is 0 Å². The summed E-state index contributed by atoms with van der Waals surface area (Å²) in [6.07, 6.45) is 11.3. The van der Waals surface area contributed by atoms with Crippen molar-refractivity contribution >= 4 is 13.0 Å². The first-order valence-electron chi connectivity index (χ1n) is 5.84. The van der Waals surface area contributed by atoms with E-state index in [1.807, 2.05) is 0 Å². The van der Waals surface area contributed by atoms with Crippen molar-refractivity contribution in [3.8, 4) is 0 Å². The third kappa shape index (κ3) is 4.54. The minimum atomic E-state index is -0.207. The van der Waals surface area contributed by atoms with Gasteiger partial charge in [-0.2, -0.15) is 0 Å². The van der Waals surface area contributed by atoms with Crippen LogP contribution in [-0.2, 0) is 0 Å². The number of hydrogen-bond acceptors (Lipinski definition) is 1. The molecule has 1 aliphatic rings. The summed E-state index contributed by atoms with van der Waals surface area (Å²) in [5.74, 6) is 0. The zero-order chi connectivity index (χ0) is 10.2. The summed E-state index contributed by atoms with van der Waals surface area (Å²) in [7, 11) is -0.207. The molecule has 1 fully saturated rings. The van der Waals surface area contributed by atoms with Crippen molar-refractivity contribution in [2.75, 3.05) is 18.9 Å². The normalized spacial score (nSPS) is 19.7. The molecule has 1 aliphatic heterocycles. The lowest BCUT2D eigenvalue weighted by atomic mass is 10.1. The fourth-order valence-electron chi connectivity index (χ4n) is 1.97. The maximum atomic E-state index is 9.85. The SMILES string of the molecule is NCCC(O)=[P+]1CCCCCCCC1. The molecule has 0 spiro atoms. The van der Waals surface area contributed by atoms with Gasteiger partial charge in [-0.1, -0.05) is 12.8 Å². The Balaban J connectivity index is 2.49. The predicted molar refractivity (Wildman–Crippen MR) is 65.0 cm³/mol. The topological polar surface area (TPSA) is 46.2 Å². The highest BCUT2D eigenvalue weighted by Crippen LogP contribution is 2.31. The second-order valence-corrected chi connectivity index (χ2v) is 6.55. The molecule has 1 heterocycles. The highest BCUT2D eigenvalue weighted by atomic mass is 31.1. The molecule has 1 rings (SSSR count). The summed E-state index contributed by atoms with van der Waals surface area (Å²) >= 11 is 0. The molecule has 82 valence electrons. The van der Waals surface area contributed by atoms with Gasteiger partial charge in [-0.05, 0) is 25.7 Å². The summed E-state index contributed by atoms with van der Waals surface area (Å²) in [4.78, 5) is 0. The minimum absolute atomic E-state index is 0.207. The second-order valence-electron chi connectivity index (χ2n) is 4.06. The smallest absolute Gasteiger partial charge is 0.223 e. The van der Waals surface area contributed by atoms with Gasteiger partial charge in [0.05, 0.1) is 0 Å². The fraction of sp³-hybridized carbons (Fsp3) is 0.909. The summed E-state index contributed by atoms with van der Waals surface area (Å²) in [5, 5.41) is 9.85. The summed E-state index contributed by atoms with van der Waals surface area (Å²) in [5.41, 5.74) is 6.19. The maximum absolute atomic E-state index is 9.85. The van der Waals surface area contributed by atoms with Gasteiger partial charge < -0.3 is 10.8 Å². The quantitative estimate of drug-likeness (QED) is 0.697. The first-order chi connectivity index (χ1) is 6.84. The molecule has 0 radical (unpaired) electrons. The molecule has 14 heavy (non-hydrogen) atoms. The van der Waals surface area contributed by atoms with Gasteiger partial charge in [0, 0.05) is 13.0 Å². The van der Waals surface area contributed by atoms with E-state index in [4.69, 9.17) is 5.73 Å². The lowest BCUT2D eigenvalue weighted by Crippen LogP contribution is -2.08. The molecule has 0 unspecified atom stereocenters. The lowest BCUT2D eigenvalue weighted by molar-refractivity contribution is 0.547. The summed E-state index contributed by atoms with van der Waals surface area (Å²) in [6, 6.07) is 0. The standard InChI is InChI=1S/C11H22NOP/c12-8-7-11(13)14-9-5-3-1-2-4-6-10-14/h1-10,12H2/p+1. The molecule has 0 aromatic rings. The monoisotopic (exact) mass is 216 g/mol.